The van der Waals surface area contributed by atoms with Crippen LogP contribution in [0.1, 0.15) is 50.5 Å². The molecule has 192 valence electrons. The van der Waals surface area contributed by atoms with Crippen molar-refractivity contribution in [3.63, 3.8) is 0 Å². The molecule has 0 saturated heterocycles. The van der Waals surface area contributed by atoms with Crippen LogP contribution < -0.4 is 5.32 Å². The smallest absolute Gasteiger partial charge is 0.335 e. The number of carbonyl (C=O) groups excluding carboxylic acids is 1. The van der Waals surface area contributed by atoms with E-state index >= 15 is 0 Å². The minimum Gasteiger partial charge on any atom is -0.478 e. The van der Waals surface area contributed by atoms with Crippen molar-refractivity contribution in [2.75, 3.05) is 0 Å². The van der Waals surface area contributed by atoms with Gasteiger partial charge in [-0.05, 0) is 58.6 Å². The molecule has 6 aromatic rings. The van der Waals surface area contributed by atoms with Crippen molar-refractivity contribution in [3.8, 4) is 11.1 Å². The topological polar surface area (TPSA) is 96.6 Å². The van der Waals surface area contributed by atoms with Crippen molar-refractivity contribution in [1.29, 1.82) is 0 Å². The Morgan fingerprint density at radius 3 is 2.54 bits per heavy atom. The lowest BCUT2D eigenvalue weighted by Crippen LogP contribution is -2.27. The Bertz CT molecular complexity index is 1820. The molecule has 0 aliphatic carbocycles. The molecule has 8 heteroatoms. The summed E-state index contributed by atoms with van der Waals surface area (Å²) in [4.78, 5) is 29.7. The fourth-order valence-corrected chi connectivity index (χ4v) is 5.37. The zero-order valence-electron chi connectivity index (χ0n) is 21.0. The Morgan fingerprint density at radius 1 is 1.00 bits per heavy atom. The molecule has 0 aliphatic heterocycles. The van der Waals surface area contributed by atoms with E-state index in [1.807, 2.05) is 41.1 Å². The summed E-state index contributed by atoms with van der Waals surface area (Å²) in [5.74, 6) is -1.22. The number of rotatable bonds is 7. The molecule has 0 saturated carbocycles. The van der Waals surface area contributed by atoms with Gasteiger partial charge in [0.05, 0.1) is 34.7 Å². The summed E-state index contributed by atoms with van der Waals surface area (Å²) in [5, 5.41) is 16.6. The molecule has 7 nitrogen and oxygen atoms in total. The van der Waals surface area contributed by atoms with Gasteiger partial charge in [0, 0.05) is 35.3 Å². The maximum atomic E-state index is 13.8. The molecular weight excluding hydrogens is 508 g/mol. The number of benzene rings is 3. The Morgan fingerprint density at radius 2 is 1.79 bits per heavy atom. The number of carboxylic acid groups (broad SMARTS) is 1. The van der Waals surface area contributed by atoms with Crippen LogP contribution >= 0.6 is 11.5 Å². The fourth-order valence-electron chi connectivity index (χ4n) is 4.83. The second-order valence-corrected chi connectivity index (χ2v) is 10.1. The number of aromatic carboxylic acids is 1. The van der Waals surface area contributed by atoms with Gasteiger partial charge in [0.25, 0.3) is 5.91 Å². The van der Waals surface area contributed by atoms with Crippen LogP contribution in [0.25, 0.3) is 27.4 Å². The predicted molar refractivity (Wildman–Crippen MR) is 152 cm³/mol. The minimum absolute atomic E-state index is 0.202. The number of amides is 1. The average Bonchev–Trinajstić information content (AvgIpc) is 3.63. The molecule has 2 N–H and O–H groups in total. The van der Waals surface area contributed by atoms with Gasteiger partial charge < -0.3 is 14.8 Å². The monoisotopic (exact) mass is 532 g/mol. The number of nitrogens with zero attached hydrogens (tertiary/aromatic N) is 3. The third-order valence-electron chi connectivity index (χ3n) is 6.90. The molecule has 1 amide bonds. The van der Waals surface area contributed by atoms with E-state index in [0.29, 0.717) is 12.0 Å². The van der Waals surface area contributed by atoms with Crippen molar-refractivity contribution in [2.24, 2.45) is 0 Å². The van der Waals surface area contributed by atoms with E-state index in [9.17, 15) is 14.7 Å². The molecule has 1 atom stereocenters. The lowest BCUT2D eigenvalue weighted by Gasteiger charge is -2.16. The highest BCUT2D eigenvalue weighted by atomic mass is 32.1. The normalized spacial score (nSPS) is 12.0. The third-order valence-corrected chi connectivity index (χ3v) is 7.49. The number of nitrogens with one attached hydrogen (secondary N) is 1. The maximum absolute atomic E-state index is 13.8. The Hall–Kier alpha value is -4.82. The van der Waals surface area contributed by atoms with Gasteiger partial charge in [-0.15, -0.1) is 0 Å². The quantitative estimate of drug-likeness (QED) is 0.248. The van der Waals surface area contributed by atoms with Crippen molar-refractivity contribution < 1.29 is 14.7 Å². The summed E-state index contributed by atoms with van der Waals surface area (Å²) in [6.07, 6.45) is 6.08. The first-order chi connectivity index (χ1) is 19.0. The zero-order chi connectivity index (χ0) is 26.9. The van der Waals surface area contributed by atoms with Gasteiger partial charge in [-0.25, -0.2) is 14.2 Å². The Balaban J connectivity index is 1.38. The van der Waals surface area contributed by atoms with Gasteiger partial charge in [0.15, 0.2) is 0 Å². The molecule has 0 bridgehead atoms. The predicted octanol–water partition coefficient (Wildman–Crippen LogP) is 6.39. The van der Waals surface area contributed by atoms with Gasteiger partial charge in [-0.2, -0.15) is 0 Å². The van der Waals surface area contributed by atoms with Gasteiger partial charge in [0.2, 0.25) is 0 Å². The van der Waals surface area contributed by atoms with E-state index in [1.54, 1.807) is 36.8 Å². The second kappa shape index (κ2) is 10.2. The molecule has 3 aromatic carbocycles. The first-order valence-corrected chi connectivity index (χ1v) is 13.3. The van der Waals surface area contributed by atoms with Gasteiger partial charge in [0.1, 0.15) is 0 Å². The van der Waals surface area contributed by atoms with E-state index in [2.05, 4.69) is 40.0 Å². The highest BCUT2D eigenvalue weighted by molar-refractivity contribution is 7.03. The molecule has 0 unspecified atom stereocenters. The SMILES string of the molecule is C[C@H](NC(=O)c1cc(-c2cnsc2)cn2cnc(Cc3ccc4ccccc4c3)c12)c1ccc(C(=O)O)cc1. The van der Waals surface area contributed by atoms with Gasteiger partial charge in [-0.3, -0.25) is 4.79 Å². The fraction of sp³-hybridized carbons (Fsp3) is 0.0968. The molecule has 3 heterocycles. The average molecular weight is 533 g/mol. The van der Waals surface area contributed by atoms with Crippen molar-refractivity contribution in [3.05, 3.63) is 125 Å². The standard InChI is InChI=1S/C31H24N4O3S/c1-19(21-8-10-23(11-9-21)31(37)38)34-30(36)27-14-25(26-15-33-39-17-26)16-35-18-32-28(29(27)35)13-20-6-7-22-4-2-3-5-24(22)12-20/h2-12,14-19H,13H2,1H3,(H,34,36)(H,37,38)/t19-/m0/s1. The number of aromatic nitrogens is 3. The summed E-state index contributed by atoms with van der Waals surface area (Å²) in [6, 6.07) is 22.7. The van der Waals surface area contributed by atoms with Crippen LogP contribution in [0, 0.1) is 0 Å². The number of fused-ring (bicyclic) bond motifs is 2. The minimum atomic E-state index is -0.986. The van der Waals surface area contributed by atoms with E-state index in [1.165, 1.54) is 16.9 Å². The van der Waals surface area contributed by atoms with Crippen LogP contribution in [-0.4, -0.2) is 30.7 Å². The van der Waals surface area contributed by atoms with Gasteiger partial charge >= 0.3 is 5.97 Å². The summed E-state index contributed by atoms with van der Waals surface area (Å²) in [7, 11) is 0. The second-order valence-electron chi connectivity index (χ2n) is 9.48. The van der Waals surface area contributed by atoms with E-state index in [-0.39, 0.29) is 17.5 Å². The molecule has 3 aromatic heterocycles. The van der Waals surface area contributed by atoms with Crippen LogP contribution in [0.15, 0.2) is 96.9 Å². The van der Waals surface area contributed by atoms with Crippen LogP contribution in [-0.2, 0) is 6.42 Å². The van der Waals surface area contributed by atoms with E-state index < -0.39 is 5.97 Å². The molecule has 0 radical (unpaired) electrons. The molecule has 39 heavy (non-hydrogen) atoms. The van der Waals surface area contributed by atoms with Crippen molar-refractivity contribution >= 4 is 39.7 Å². The molecule has 0 spiro atoms. The van der Waals surface area contributed by atoms with E-state index in [0.717, 1.165) is 38.9 Å². The number of hydrogen-bond donors (Lipinski definition) is 2. The Labute approximate surface area is 228 Å². The van der Waals surface area contributed by atoms with Crippen molar-refractivity contribution in [2.45, 2.75) is 19.4 Å². The van der Waals surface area contributed by atoms with E-state index in [4.69, 9.17) is 4.98 Å². The number of pyridine rings is 1. The zero-order valence-corrected chi connectivity index (χ0v) is 21.9. The number of hydrogen-bond acceptors (Lipinski definition) is 5. The summed E-state index contributed by atoms with van der Waals surface area (Å²) in [5.41, 5.74) is 6.00. The number of imidazole rings is 1. The highest BCUT2D eigenvalue weighted by Gasteiger charge is 2.20. The van der Waals surface area contributed by atoms with Crippen LogP contribution in [0.2, 0.25) is 0 Å². The first-order valence-electron chi connectivity index (χ1n) is 12.5. The lowest BCUT2D eigenvalue weighted by molar-refractivity contribution is 0.0696. The number of carbonyl (C=O) groups is 2. The van der Waals surface area contributed by atoms with Crippen LogP contribution in [0.5, 0.6) is 0 Å². The van der Waals surface area contributed by atoms with Crippen molar-refractivity contribution in [1.82, 2.24) is 19.1 Å². The van der Waals surface area contributed by atoms with Gasteiger partial charge in [-0.1, -0.05) is 54.6 Å². The highest BCUT2D eigenvalue weighted by Crippen LogP contribution is 2.28. The van der Waals surface area contributed by atoms with Crippen LogP contribution in [0.3, 0.4) is 0 Å². The molecular formula is C31H24N4O3S. The third kappa shape index (κ3) is 4.89. The summed E-state index contributed by atoms with van der Waals surface area (Å²) in [6.45, 7) is 1.88. The molecule has 0 fully saturated rings. The summed E-state index contributed by atoms with van der Waals surface area (Å²) >= 11 is 1.36. The summed E-state index contributed by atoms with van der Waals surface area (Å²) < 4.78 is 6.13. The molecule has 0 aliphatic rings. The number of carboxylic acids is 1. The Kier molecular flexibility index (Phi) is 6.38. The van der Waals surface area contributed by atoms with Crippen LogP contribution in [0.4, 0.5) is 0 Å². The first kappa shape index (κ1) is 24.5. The maximum Gasteiger partial charge on any atom is 0.335 e. The lowest BCUT2D eigenvalue weighted by atomic mass is 10.0. The largest absolute Gasteiger partial charge is 0.478 e. The molecule has 6 rings (SSSR count).